The molecule has 120 heavy (non-hydrogen) atoms. The van der Waals surface area contributed by atoms with Crippen LogP contribution in [0.1, 0.15) is 212 Å². The summed E-state index contributed by atoms with van der Waals surface area (Å²) in [6, 6.07) is 8.43. The zero-order valence-corrected chi connectivity index (χ0v) is 72.2. The lowest BCUT2D eigenvalue weighted by molar-refractivity contribution is -0.197. The molecule has 6 fully saturated rings. The van der Waals surface area contributed by atoms with Crippen LogP contribution in [-0.2, 0) is 67.9 Å². The van der Waals surface area contributed by atoms with E-state index >= 15 is 9.59 Å². The third-order valence-corrected chi connectivity index (χ3v) is 31.6. The highest BCUT2D eigenvalue weighted by Crippen LogP contribution is 2.60. The number of pyridine rings is 2. The fourth-order valence-electron chi connectivity index (χ4n) is 17.9. The highest BCUT2D eigenvalue weighted by molar-refractivity contribution is 7.92. The third kappa shape index (κ3) is 18.5. The normalized spacial score (nSPS) is 30.0. The summed E-state index contributed by atoms with van der Waals surface area (Å²) in [5, 5.41) is 2.64. The first-order valence-electron chi connectivity index (χ1n) is 42.4. The molecule has 4 aliphatic carbocycles. The first kappa shape index (κ1) is 89.1. The maximum absolute atomic E-state index is 15.1. The van der Waals surface area contributed by atoms with Gasteiger partial charge in [-0.2, -0.15) is 0 Å². The number of ether oxygens (including phenoxy) is 8. The SMILES string of the molecule is CC[C@@H]1C[C@@H](C)CC/C=C\[C@@H]2C[C@@]2(C(=O)NS(=O)(=O)C2(C)CC2)CC(=O)[C@@H]2C[C@@H](Oc3nccc4c5c(ccc34)OCCO5)CN2C(=O)[C@H]1CC(=O)OC(C)(C)C(C)(F)F.CC[C@@H]1C[C@H](C)CC/C=C\[C@@H]2C[C@@]2(C(=O)NS(=O)(=O)C2(C)CC2)CC(=O)[C@@H]2C[C@@H](Oc3nccc4c5c(ccc34)OCCO5)CN2C(=O)[C@H]1CC(=O)OC(C)(C)C(C)(F)F. The van der Waals surface area contributed by atoms with Gasteiger partial charge >= 0.3 is 11.9 Å². The van der Waals surface area contributed by atoms with Crippen molar-refractivity contribution in [3.05, 3.63) is 73.1 Å². The molecular weight excluding hydrogens is 1600 g/mol. The van der Waals surface area contributed by atoms with E-state index in [2.05, 4.69) is 19.4 Å². The number of hydrogen-bond acceptors (Lipinski definition) is 22. The monoisotopic (exact) mass is 1710 g/mol. The smallest absolute Gasteiger partial charge is 0.307 e. The molecule has 2 N–H and O–H groups in total. The molecule has 8 heterocycles. The zero-order chi connectivity index (χ0) is 86.8. The van der Waals surface area contributed by atoms with Crippen LogP contribution in [0.5, 0.6) is 34.8 Å². The maximum Gasteiger partial charge on any atom is 0.307 e. The molecule has 4 saturated carbocycles. The fraction of sp³-hybridized carbons (Fsp3) is 0.659. The van der Waals surface area contributed by atoms with Gasteiger partial charge in [0.15, 0.2) is 45.8 Å². The van der Waals surface area contributed by atoms with E-state index in [-0.39, 0.29) is 87.0 Å². The Bertz CT molecular complexity index is 4640. The molecule has 26 nitrogen and oxygen atoms in total. The number of benzene rings is 2. The van der Waals surface area contributed by atoms with Gasteiger partial charge in [-0.1, -0.05) is 64.8 Å². The molecule has 14 rings (SSSR count). The number of carbonyl (C=O) groups is 8. The second kappa shape index (κ2) is 33.9. The van der Waals surface area contributed by atoms with Gasteiger partial charge in [0.25, 0.3) is 11.8 Å². The van der Waals surface area contributed by atoms with Crippen molar-refractivity contribution in [2.24, 2.45) is 58.2 Å². The van der Waals surface area contributed by atoms with Crippen LogP contribution in [0.4, 0.5) is 17.6 Å². The summed E-state index contributed by atoms with van der Waals surface area (Å²) >= 11 is 0. The number of esters is 2. The van der Waals surface area contributed by atoms with Crippen molar-refractivity contribution in [1.82, 2.24) is 29.2 Å². The minimum Gasteiger partial charge on any atom is -0.486 e. The van der Waals surface area contributed by atoms with Gasteiger partial charge in [0.2, 0.25) is 55.4 Å². The number of nitrogens with zero attached hydrogens (tertiary/aromatic N) is 4. The number of Topliss-reactive ketones (excluding diaryl/α,β-unsaturated/α-hetero) is 2. The molecule has 0 radical (unpaired) electrons. The van der Waals surface area contributed by atoms with Gasteiger partial charge in [-0.3, -0.25) is 47.8 Å². The molecule has 0 spiro atoms. The predicted octanol–water partition coefficient (Wildman–Crippen LogP) is 13.4. The fourth-order valence-corrected chi connectivity index (χ4v) is 20.5. The van der Waals surface area contributed by atoms with Crippen LogP contribution >= 0.6 is 0 Å². The molecule has 0 bridgehead atoms. The summed E-state index contributed by atoms with van der Waals surface area (Å²) in [5.74, 6) is -12.8. The van der Waals surface area contributed by atoms with Crippen LogP contribution in [0.3, 0.4) is 0 Å². The third-order valence-electron chi connectivity index (χ3n) is 27.3. The van der Waals surface area contributed by atoms with Crippen molar-refractivity contribution in [2.45, 2.75) is 268 Å². The number of fused-ring (bicyclic) bond motifs is 10. The Balaban J connectivity index is 0.000000207. The molecule has 2 aromatic heterocycles. The number of hydrogen-bond donors (Lipinski definition) is 2. The summed E-state index contributed by atoms with van der Waals surface area (Å²) in [6.07, 6.45) is 14.6. The molecule has 4 amide bonds. The summed E-state index contributed by atoms with van der Waals surface area (Å²) in [6.45, 7) is 18.3. The van der Waals surface area contributed by atoms with E-state index in [9.17, 15) is 63.2 Å². The van der Waals surface area contributed by atoms with Gasteiger partial charge in [-0.05, 0) is 190 Å². The van der Waals surface area contributed by atoms with Crippen LogP contribution in [0, 0.1) is 58.2 Å². The van der Waals surface area contributed by atoms with Crippen molar-refractivity contribution in [3.8, 4) is 34.8 Å². The van der Waals surface area contributed by atoms with Crippen LogP contribution < -0.4 is 37.9 Å². The Morgan fingerprint density at radius 1 is 0.533 bits per heavy atom. The van der Waals surface area contributed by atoms with Gasteiger partial charge in [-0.15, -0.1) is 0 Å². The maximum atomic E-state index is 15.1. The number of halogens is 4. The number of amides is 4. The number of ketones is 2. The second-order valence-corrected chi connectivity index (χ2v) is 41.3. The van der Waals surface area contributed by atoms with Crippen LogP contribution in [0.25, 0.3) is 21.5 Å². The molecule has 32 heteroatoms. The average molecular weight is 1720 g/mol. The molecule has 2 saturated heterocycles. The van der Waals surface area contributed by atoms with E-state index in [1.165, 1.54) is 9.80 Å². The quantitative estimate of drug-likeness (QED) is 0.0471. The molecule has 2 aromatic carbocycles. The van der Waals surface area contributed by atoms with Gasteiger partial charge in [0.1, 0.15) is 38.6 Å². The average Bonchev–Trinajstić information content (AvgIpc) is 1.56. The lowest BCUT2D eigenvalue weighted by Crippen LogP contribution is -2.49. The van der Waals surface area contributed by atoms with Crippen molar-refractivity contribution in [3.63, 3.8) is 0 Å². The number of allylic oxidation sites excluding steroid dienone is 4. The van der Waals surface area contributed by atoms with Crippen molar-refractivity contribution in [2.75, 3.05) is 39.5 Å². The molecule has 10 aliphatic rings. The predicted molar refractivity (Wildman–Crippen MR) is 434 cm³/mol. The molecule has 6 aliphatic heterocycles. The Kier molecular flexibility index (Phi) is 25.1. The molecule has 14 atom stereocenters. The van der Waals surface area contributed by atoms with Gasteiger partial charge in [0, 0.05) is 73.5 Å². The highest BCUT2D eigenvalue weighted by Gasteiger charge is 2.65. The van der Waals surface area contributed by atoms with E-state index in [1.54, 1.807) is 62.6 Å². The topological polar surface area (TPSA) is 335 Å². The summed E-state index contributed by atoms with van der Waals surface area (Å²) < 4.78 is 161. The van der Waals surface area contributed by atoms with Crippen molar-refractivity contribution in [1.29, 1.82) is 0 Å². The first-order chi connectivity index (χ1) is 56.4. The minimum atomic E-state index is -4.02. The molecule has 4 aromatic rings. The number of nitrogens with one attached hydrogen (secondary N) is 2. The summed E-state index contributed by atoms with van der Waals surface area (Å²) in [7, 11) is -8.03. The standard InChI is InChI=1S/2C44H57F2N3O10S/c2*1-7-27-20-26(2)10-8-9-11-28-23-44(28,40(53)48-60(54,55)42(5)15-16-42)24-34(50)33-21-29(25-49(33)39(52)32(27)22-36(51)59-41(3,4)43(6,45)46)58-38-31-12-13-35-37(57-19-18-56-35)30(31)14-17-47-38/h2*9,11-14,17,26-29,32-33H,7-8,10,15-16,18-25H2,1-6H3,(H,48,53)/b2*11-9-/t26-,27+,28+,29+,32-,33-,44+;26-,27-,28-,29-,32+,33+,44-/m01/s1. The van der Waals surface area contributed by atoms with E-state index < -0.39 is 171 Å². The van der Waals surface area contributed by atoms with E-state index in [0.717, 1.165) is 27.7 Å². The van der Waals surface area contributed by atoms with Crippen molar-refractivity contribution >= 4 is 88.7 Å². The van der Waals surface area contributed by atoms with Crippen LogP contribution in [-0.4, -0.2) is 180 Å². The molecular formula is C88H114F4N6O20S2. The Morgan fingerprint density at radius 2 is 0.900 bits per heavy atom. The Labute approximate surface area is 698 Å². The van der Waals surface area contributed by atoms with Gasteiger partial charge in [-0.25, -0.2) is 44.4 Å². The summed E-state index contributed by atoms with van der Waals surface area (Å²) in [5.41, 5.74) is -7.01. The number of aromatic nitrogens is 2. The van der Waals surface area contributed by atoms with E-state index in [0.29, 0.717) is 162 Å². The van der Waals surface area contributed by atoms with E-state index in [1.807, 2.05) is 52.0 Å². The van der Waals surface area contributed by atoms with Crippen LogP contribution in [0.15, 0.2) is 73.1 Å². The zero-order valence-electron chi connectivity index (χ0n) is 70.5. The Morgan fingerprint density at radius 3 is 1.25 bits per heavy atom. The number of alkyl halides is 4. The van der Waals surface area contributed by atoms with Crippen molar-refractivity contribution < 1.29 is 111 Å². The first-order valence-corrected chi connectivity index (χ1v) is 45.3. The number of carbonyl (C=O) groups excluding carboxylic acids is 8. The number of rotatable bonds is 20. The lowest BCUT2D eigenvalue weighted by Gasteiger charge is -2.35. The highest BCUT2D eigenvalue weighted by atomic mass is 32.2. The number of sulfonamides is 2. The van der Waals surface area contributed by atoms with Crippen LogP contribution in [0.2, 0.25) is 0 Å². The Hall–Kier alpha value is -8.68. The minimum absolute atomic E-state index is 0.0151. The second-order valence-electron chi connectivity index (χ2n) is 37.0. The largest absolute Gasteiger partial charge is 0.486 e. The summed E-state index contributed by atoms with van der Waals surface area (Å²) in [4.78, 5) is 127. The van der Waals surface area contributed by atoms with Gasteiger partial charge < -0.3 is 47.7 Å². The molecule has 656 valence electrons. The van der Waals surface area contributed by atoms with E-state index in [4.69, 9.17) is 37.9 Å². The van der Waals surface area contributed by atoms with Gasteiger partial charge in [0.05, 0.1) is 70.2 Å². The molecule has 0 unspecified atom stereocenters. The lowest BCUT2D eigenvalue weighted by atomic mass is 9.79.